The lowest BCUT2D eigenvalue weighted by Gasteiger charge is -2.38. The van der Waals surface area contributed by atoms with Crippen LogP contribution < -0.4 is 14.5 Å². The summed E-state index contributed by atoms with van der Waals surface area (Å²) in [6.07, 6.45) is 2.30. The van der Waals surface area contributed by atoms with Crippen molar-refractivity contribution in [2.45, 2.75) is 32.2 Å². The van der Waals surface area contributed by atoms with Crippen LogP contribution in [0.2, 0.25) is 5.02 Å². The van der Waals surface area contributed by atoms with Crippen LogP contribution in [-0.2, 0) is 9.59 Å². The first-order chi connectivity index (χ1) is 15.1. The van der Waals surface area contributed by atoms with Crippen LogP contribution in [0.15, 0.2) is 48.5 Å². The monoisotopic (exact) mass is 441 g/mol. The number of carbonyl (C=O) groups excluding carboxylic acids is 2. The minimum absolute atomic E-state index is 0.135. The molecular weight excluding hydrogens is 414 g/mol. The minimum atomic E-state index is -0.389. The van der Waals surface area contributed by atoms with Crippen LogP contribution in [0.25, 0.3) is 0 Å². The van der Waals surface area contributed by atoms with Gasteiger partial charge in [0.15, 0.2) is 0 Å². The standard InChI is InChI=1S/C24H28ClN3O3/c1-2-3-16-31-21-10-8-20(9-11-21)28-23(29)17-22(24(28)30)27-14-12-26(13-15-27)19-6-4-18(25)5-7-19/h4-11,22H,2-3,12-17H2,1H3/t22-/m1/s1. The molecule has 2 aliphatic heterocycles. The van der Waals surface area contributed by atoms with Gasteiger partial charge in [0.25, 0.3) is 5.91 Å². The molecule has 0 aromatic heterocycles. The molecule has 0 radical (unpaired) electrons. The maximum atomic E-state index is 13.1. The number of hydrogen-bond donors (Lipinski definition) is 0. The molecular formula is C24H28ClN3O3. The van der Waals surface area contributed by atoms with Gasteiger partial charge < -0.3 is 9.64 Å². The quantitative estimate of drug-likeness (QED) is 0.480. The van der Waals surface area contributed by atoms with Crippen molar-refractivity contribution >= 4 is 34.8 Å². The molecule has 7 heteroatoms. The third-order valence-electron chi connectivity index (χ3n) is 5.93. The first-order valence-electron chi connectivity index (χ1n) is 10.9. The zero-order chi connectivity index (χ0) is 21.8. The van der Waals surface area contributed by atoms with E-state index in [1.807, 2.05) is 36.4 Å². The van der Waals surface area contributed by atoms with Gasteiger partial charge in [0.1, 0.15) is 5.75 Å². The number of amides is 2. The largest absolute Gasteiger partial charge is 0.494 e. The lowest BCUT2D eigenvalue weighted by Crippen LogP contribution is -2.52. The molecule has 0 spiro atoms. The van der Waals surface area contributed by atoms with Gasteiger partial charge in [-0.2, -0.15) is 0 Å². The summed E-state index contributed by atoms with van der Waals surface area (Å²) in [6.45, 7) is 5.88. The summed E-state index contributed by atoms with van der Waals surface area (Å²) < 4.78 is 5.68. The summed E-state index contributed by atoms with van der Waals surface area (Å²) >= 11 is 5.98. The maximum absolute atomic E-state index is 13.1. The van der Waals surface area contributed by atoms with Crippen molar-refractivity contribution in [1.29, 1.82) is 0 Å². The van der Waals surface area contributed by atoms with Crippen LogP contribution in [0.3, 0.4) is 0 Å². The van der Waals surface area contributed by atoms with E-state index in [2.05, 4.69) is 16.7 Å². The Morgan fingerprint density at radius 3 is 2.23 bits per heavy atom. The number of rotatable bonds is 7. The van der Waals surface area contributed by atoms with E-state index < -0.39 is 0 Å². The van der Waals surface area contributed by atoms with Gasteiger partial charge in [-0.15, -0.1) is 0 Å². The van der Waals surface area contributed by atoms with Crippen LogP contribution >= 0.6 is 11.6 Å². The van der Waals surface area contributed by atoms with Gasteiger partial charge in [0.2, 0.25) is 5.91 Å². The molecule has 0 bridgehead atoms. The summed E-state index contributed by atoms with van der Waals surface area (Å²) in [7, 11) is 0. The molecule has 0 N–H and O–H groups in total. The second kappa shape index (κ2) is 9.71. The molecule has 1 atom stereocenters. The lowest BCUT2D eigenvalue weighted by atomic mass is 10.1. The number of hydrogen-bond acceptors (Lipinski definition) is 5. The zero-order valence-electron chi connectivity index (χ0n) is 17.8. The Morgan fingerprint density at radius 2 is 1.58 bits per heavy atom. The Balaban J connectivity index is 1.37. The van der Waals surface area contributed by atoms with Gasteiger partial charge in [0.05, 0.1) is 24.8 Å². The van der Waals surface area contributed by atoms with Crippen molar-refractivity contribution in [2.24, 2.45) is 0 Å². The molecule has 164 valence electrons. The predicted octanol–water partition coefficient (Wildman–Crippen LogP) is 3.97. The summed E-state index contributed by atoms with van der Waals surface area (Å²) in [5.74, 6) is 0.477. The van der Waals surface area contributed by atoms with E-state index in [1.165, 1.54) is 4.90 Å². The molecule has 2 amide bonds. The molecule has 0 saturated carbocycles. The van der Waals surface area contributed by atoms with Crippen LogP contribution in [0.4, 0.5) is 11.4 Å². The molecule has 0 aliphatic carbocycles. The maximum Gasteiger partial charge on any atom is 0.251 e. The molecule has 2 aliphatic rings. The van der Waals surface area contributed by atoms with Crippen molar-refractivity contribution in [3.63, 3.8) is 0 Å². The Labute approximate surface area is 188 Å². The number of piperazine rings is 1. The number of benzene rings is 2. The molecule has 2 heterocycles. The highest BCUT2D eigenvalue weighted by Gasteiger charge is 2.43. The van der Waals surface area contributed by atoms with E-state index >= 15 is 0 Å². The number of halogens is 1. The summed E-state index contributed by atoms with van der Waals surface area (Å²) in [4.78, 5) is 31.5. The van der Waals surface area contributed by atoms with E-state index in [0.717, 1.165) is 55.5 Å². The molecule has 2 fully saturated rings. The van der Waals surface area contributed by atoms with Crippen LogP contribution in [0.5, 0.6) is 5.75 Å². The van der Waals surface area contributed by atoms with E-state index in [1.54, 1.807) is 12.1 Å². The number of unbranched alkanes of at least 4 members (excludes halogenated alkanes) is 1. The molecule has 0 unspecified atom stereocenters. The highest BCUT2D eigenvalue weighted by atomic mass is 35.5. The molecule has 31 heavy (non-hydrogen) atoms. The van der Waals surface area contributed by atoms with Crippen molar-refractivity contribution in [3.05, 3.63) is 53.6 Å². The molecule has 2 aromatic rings. The van der Waals surface area contributed by atoms with E-state index in [4.69, 9.17) is 16.3 Å². The zero-order valence-corrected chi connectivity index (χ0v) is 18.6. The highest BCUT2D eigenvalue weighted by Crippen LogP contribution is 2.28. The van der Waals surface area contributed by atoms with Crippen molar-refractivity contribution in [2.75, 3.05) is 42.6 Å². The third kappa shape index (κ3) is 4.86. The van der Waals surface area contributed by atoms with Crippen LogP contribution in [0.1, 0.15) is 26.2 Å². The Bertz CT molecular complexity index is 909. The number of carbonyl (C=O) groups is 2. The Kier molecular flexibility index (Phi) is 6.78. The van der Waals surface area contributed by atoms with Gasteiger partial charge >= 0.3 is 0 Å². The van der Waals surface area contributed by atoms with Gasteiger partial charge in [-0.1, -0.05) is 24.9 Å². The fourth-order valence-corrected chi connectivity index (χ4v) is 4.27. The second-order valence-electron chi connectivity index (χ2n) is 7.98. The molecule has 2 aromatic carbocycles. The summed E-state index contributed by atoms with van der Waals surface area (Å²) in [5, 5.41) is 0.720. The molecule has 2 saturated heterocycles. The average molecular weight is 442 g/mol. The first kappa shape index (κ1) is 21.7. The number of ether oxygens (including phenoxy) is 1. The Morgan fingerprint density at radius 1 is 0.935 bits per heavy atom. The number of anilines is 2. The summed E-state index contributed by atoms with van der Waals surface area (Å²) in [5.41, 5.74) is 1.74. The third-order valence-corrected chi connectivity index (χ3v) is 6.18. The lowest BCUT2D eigenvalue weighted by molar-refractivity contribution is -0.123. The van der Waals surface area contributed by atoms with Crippen molar-refractivity contribution < 1.29 is 14.3 Å². The van der Waals surface area contributed by atoms with E-state index in [0.29, 0.717) is 12.3 Å². The topological polar surface area (TPSA) is 53.1 Å². The fraction of sp³-hybridized carbons (Fsp3) is 0.417. The average Bonchev–Trinajstić information content (AvgIpc) is 3.09. The normalized spacial score (nSPS) is 19.9. The minimum Gasteiger partial charge on any atom is -0.494 e. The molecule has 4 rings (SSSR count). The van der Waals surface area contributed by atoms with Gasteiger partial charge in [-0.3, -0.25) is 14.5 Å². The Hall–Kier alpha value is -2.57. The molecule has 6 nitrogen and oxygen atoms in total. The van der Waals surface area contributed by atoms with Gasteiger partial charge in [0, 0.05) is 36.9 Å². The van der Waals surface area contributed by atoms with E-state index in [-0.39, 0.29) is 24.3 Å². The highest BCUT2D eigenvalue weighted by molar-refractivity contribution is 6.30. The fourth-order valence-electron chi connectivity index (χ4n) is 4.14. The van der Waals surface area contributed by atoms with Gasteiger partial charge in [-0.25, -0.2) is 4.90 Å². The SMILES string of the molecule is CCCCOc1ccc(N2C(=O)C[C@@H](N3CCN(c4ccc(Cl)cc4)CC3)C2=O)cc1. The smallest absolute Gasteiger partial charge is 0.251 e. The number of nitrogens with zero attached hydrogens (tertiary/aromatic N) is 3. The summed E-state index contributed by atoms with van der Waals surface area (Å²) in [6, 6.07) is 14.6. The van der Waals surface area contributed by atoms with E-state index in [9.17, 15) is 9.59 Å². The first-order valence-corrected chi connectivity index (χ1v) is 11.3. The van der Waals surface area contributed by atoms with Crippen LogP contribution in [-0.4, -0.2) is 55.5 Å². The predicted molar refractivity (Wildman–Crippen MR) is 123 cm³/mol. The van der Waals surface area contributed by atoms with Gasteiger partial charge in [-0.05, 0) is 55.0 Å². The van der Waals surface area contributed by atoms with Crippen LogP contribution in [0, 0.1) is 0 Å². The number of imide groups is 1. The second-order valence-corrected chi connectivity index (χ2v) is 8.42. The van der Waals surface area contributed by atoms with Crippen molar-refractivity contribution in [1.82, 2.24) is 4.90 Å². The van der Waals surface area contributed by atoms with Crippen molar-refractivity contribution in [3.8, 4) is 5.75 Å².